The van der Waals surface area contributed by atoms with Crippen LogP contribution in [0.15, 0.2) is 6.20 Å². The van der Waals surface area contributed by atoms with Crippen LogP contribution >= 0.6 is 0 Å². The Balaban J connectivity index is 1.86. The number of nitrogens with two attached hydrogens (primary N) is 1. The van der Waals surface area contributed by atoms with Crippen LogP contribution in [-0.2, 0) is 4.79 Å². The molecule has 0 unspecified atom stereocenters. The van der Waals surface area contributed by atoms with Crippen LogP contribution in [0, 0.1) is 5.82 Å². The zero-order valence-corrected chi connectivity index (χ0v) is 16.2. The van der Waals surface area contributed by atoms with Gasteiger partial charge in [0.2, 0.25) is 17.8 Å². The molecule has 4 N–H and O–H groups in total. The molecular weight excluding hydrogens is 410 g/mol. The number of amides is 1. The Morgan fingerprint density at radius 3 is 2.77 bits per heavy atom. The second kappa shape index (κ2) is 8.28. The lowest BCUT2D eigenvalue weighted by Crippen LogP contribution is -2.46. The molecule has 3 heterocycles. The van der Waals surface area contributed by atoms with Crippen molar-refractivity contribution in [3.63, 3.8) is 0 Å². The van der Waals surface area contributed by atoms with Crippen molar-refractivity contribution in [1.82, 2.24) is 30.0 Å². The zero-order valence-electron chi connectivity index (χ0n) is 16.2. The van der Waals surface area contributed by atoms with Gasteiger partial charge in [0.25, 0.3) is 5.95 Å². The summed E-state index contributed by atoms with van der Waals surface area (Å²) in [6.45, 7) is 2.53. The van der Waals surface area contributed by atoms with Crippen LogP contribution in [0.5, 0.6) is 0 Å². The number of nitrogens with one attached hydrogen (secondary N) is 2. The molecule has 0 aromatic carbocycles. The highest BCUT2D eigenvalue weighted by molar-refractivity contribution is 5.85. The monoisotopic (exact) mass is 431 g/mol. The van der Waals surface area contributed by atoms with Gasteiger partial charge in [0, 0.05) is 12.6 Å². The van der Waals surface area contributed by atoms with E-state index in [2.05, 4.69) is 25.4 Å². The lowest BCUT2D eigenvalue weighted by molar-refractivity contribution is -0.139. The average Bonchev–Trinajstić information content (AvgIpc) is 3.26. The molecule has 164 valence electrons. The van der Waals surface area contributed by atoms with Gasteiger partial charge in [0.1, 0.15) is 12.6 Å². The van der Waals surface area contributed by atoms with Gasteiger partial charge in [-0.3, -0.25) is 4.79 Å². The summed E-state index contributed by atoms with van der Waals surface area (Å²) in [6, 6.07) is -0.957. The van der Waals surface area contributed by atoms with E-state index in [4.69, 9.17) is 5.73 Å². The summed E-state index contributed by atoms with van der Waals surface area (Å²) in [6.07, 6.45) is -2.91. The molecule has 0 aliphatic carbocycles. The van der Waals surface area contributed by atoms with Gasteiger partial charge >= 0.3 is 6.18 Å². The molecule has 0 radical (unpaired) electrons. The van der Waals surface area contributed by atoms with E-state index < -0.39 is 30.5 Å². The summed E-state index contributed by atoms with van der Waals surface area (Å²) in [7, 11) is 0. The van der Waals surface area contributed by atoms with Crippen molar-refractivity contribution in [3.8, 4) is 5.95 Å². The Kier molecular flexibility index (Phi) is 5.94. The SMILES string of the molecule is CC(C)Nc1nc(N)n(-c2ncc(F)c(N3CCC[C@@H]3C(=O)NCC(F)(F)F)n2)n1. The molecule has 2 aromatic heterocycles. The lowest BCUT2D eigenvalue weighted by Gasteiger charge is -2.25. The molecule has 30 heavy (non-hydrogen) atoms. The third-order valence-corrected chi connectivity index (χ3v) is 4.24. The van der Waals surface area contributed by atoms with Gasteiger partial charge in [-0.15, -0.1) is 5.10 Å². The fourth-order valence-corrected chi connectivity index (χ4v) is 3.04. The van der Waals surface area contributed by atoms with E-state index in [0.717, 1.165) is 10.9 Å². The molecule has 2 aromatic rings. The second-order valence-corrected chi connectivity index (χ2v) is 7.03. The summed E-state index contributed by atoms with van der Waals surface area (Å²) in [5.74, 6) is -1.81. The Labute approximate surface area is 168 Å². The predicted molar refractivity (Wildman–Crippen MR) is 99.5 cm³/mol. The fourth-order valence-electron chi connectivity index (χ4n) is 3.04. The second-order valence-electron chi connectivity index (χ2n) is 7.03. The van der Waals surface area contributed by atoms with Crippen LogP contribution in [0.25, 0.3) is 5.95 Å². The van der Waals surface area contributed by atoms with Crippen LogP contribution in [0.2, 0.25) is 0 Å². The Morgan fingerprint density at radius 1 is 1.37 bits per heavy atom. The smallest absolute Gasteiger partial charge is 0.368 e. The topological polar surface area (TPSA) is 127 Å². The minimum absolute atomic E-state index is 0.0329. The lowest BCUT2D eigenvalue weighted by atomic mass is 10.2. The highest BCUT2D eigenvalue weighted by Crippen LogP contribution is 2.27. The first-order valence-electron chi connectivity index (χ1n) is 9.18. The number of aromatic nitrogens is 5. The number of rotatable bonds is 6. The van der Waals surface area contributed by atoms with Crippen molar-refractivity contribution >= 4 is 23.6 Å². The first kappa shape index (κ1) is 21.5. The van der Waals surface area contributed by atoms with Gasteiger partial charge in [0.05, 0.1) is 6.20 Å². The molecule has 1 aliphatic rings. The summed E-state index contributed by atoms with van der Waals surface area (Å²) in [5, 5.41) is 8.92. The molecule has 14 heteroatoms. The number of hydrogen-bond donors (Lipinski definition) is 3. The van der Waals surface area contributed by atoms with E-state index in [1.165, 1.54) is 4.90 Å². The van der Waals surface area contributed by atoms with Crippen LogP contribution in [0.1, 0.15) is 26.7 Å². The summed E-state index contributed by atoms with van der Waals surface area (Å²) >= 11 is 0. The minimum Gasteiger partial charge on any atom is -0.368 e. The van der Waals surface area contributed by atoms with Crippen molar-refractivity contribution in [1.29, 1.82) is 0 Å². The molecule has 1 amide bonds. The van der Waals surface area contributed by atoms with Gasteiger partial charge < -0.3 is 21.3 Å². The quantitative estimate of drug-likeness (QED) is 0.584. The molecule has 0 saturated carbocycles. The van der Waals surface area contributed by atoms with Crippen LogP contribution in [0.4, 0.5) is 35.3 Å². The van der Waals surface area contributed by atoms with Gasteiger partial charge in [-0.1, -0.05) is 0 Å². The normalized spacial score (nSPS) is 16.9. The van der Waals surface area contributed by atoms with Gasteiger partial charge in [-0.25, -0.2) is 9.37 Å². The zero-order chi connectivity index (χ0) is 22.1. The molecule has 0 spiro atoms. The van der Waals surface area contributed by atoms with E-state index in [1.54, 1.807) is 0 Å². The fraction of sp³-hybridized carbons (Fsp3) is 0.562. The molecule has 10 nitrogen and oxygen atoms in total. The number of halogens is 4. The maximum atomic E-state index is 14.5. The van der Waals surface area contributed by atoms with Crippen LogP contribution in [-0.4, -0.2) is 62.0 Å². The molecule has 1 atom stereocenters. The molecule has 0 bridgehead atoms. The summed E-state index contributed by atoms with van der Waals surface area (Å²) in [4.78, 5) is 25.5. The number of carbonyl (C=O) groups is 1. The number of nitrogen functional groups attached to an aromatic ring is 1. The average molecular weight is 431 g/mol. The molecule has 3 rings (SSSR count). The Morgan fingerprint density at radius 2 is 2.10 bits per heavy atom. The Hall–Kier alpha value is -3.19. The van der Waals surface area contributed by atoms with Crippen LogP contribution in [0.3, 0.4) is 0 Å². The van der Waals surface area contributed by atoms with Crippen molar-refractivity contribution in [2.75, 3.05) is 29.0 Å². The molecule has 1 saturated heterocycles. The van der Waals surface area contributed by atoms with Crippen LogP contribution < -0.4 is 21.3 Å². The predicted octanol–water partition coefficient (Wildman–Crippen LogP) is 1.25. The third kappa shape index (κ3) is 4.86. The number of carbonyl (C=O) groups excluding carboxylic acids is 1. The van der Waals surface area contributed by atoms with Gasteiger partial charge in [-0.05, 0) is 26.7 Å². The van der Waals surface area contributed by atoms with Crippen molar-refractivity contribution in [2.45, 2.75) is 44.9 Å². The molecular formula is C16H21F4N9O. The standard InChI is InChI=1S/C16H21F4N9O/c1-8(2)24-14-26-13(21)29(27-14)15-22-6-9(17)11(25-15)28-5-3-4-10(28)12(30)23-7-16(18,19)20/h6,8,10H,3-5,7H2,1-2H3,(H,23,30)(H3,21,24,26,27)/t10-/m1/s1. The number of nitrogens with zero attached hydrogens (tertiary/aromatic N) is 6. The maximum Gasteiger partial charge on any atom is 0.405 e. The van der Waals surface area contributed by atoms with E-state index >= 15 is 0 Å². The maximum absolute atomic E-state index is 14.5. The van der Waals surface area contributed by atoms with Gasteiger partial charge in [0.15, 0.2) is 11.6 Å². The van der Waals surface area contributed by atoms with Crippen molar-refractivity contribution in [2.24, 2.45) is 0 Å². The largest absolute Gasteiger partial charge is 0.405 e. The number of anilines is 3. The highest BCUT2D eigenvalue weighted by atomic mass is 19.4. The summed E-state index contributed by atoms with van der Waals surface area (Å²) in [5.41, 5.74) is 5.84. The van der Waals surface area contributed by atoms with Crippen molar-refractivity contribution < 1.29 is 22.4 Å². The Bertz CT molecular complexity index is 915. The molecule has 1 fully saturated rings. The van der Waals surface area contributed by atoms with Gasteiger partial charge in [-0.2, -0.15) is 27.8 Å². The molecule has 1 aliphatic heterocycles. The van der Waals surface area contributed by atoms with Crippen molar-refractivity contribution in [3.05, 3.63) is 12.0 Å². The van der Waals surface area contributed by atoms with E-state index in [9.17, 15) is 22.4 Å². The van der Waals surface area contributed by atoms with E-state index in [-0.39, 0.29) is 42.7 Å². The number of hydrogen-bond acceptors (Lipinski definition) is 8. The van der Waals surface area contributed by atoms with E-state index in [1.807, 2.05) is 19.2 Å². The minimum atomic E-state index is -4.54. The third-order valence-electron chi connectivity index (χ3n) is 4.24. The van der Waals surface area contributed by atoms with E-state index in [0.29, 0.717) is 6.42 Å². The first-order chi connectivity index (χ1) is 14.0. The first-order valence-corrected chi connectivity index (χ1v) is 9.18. The number of alkyl halides is 3. The summed E-state index contributed by atoms with van der Waals surface area (Å²) < 4.78 is 52.8. The highest BCUT2D eigenvalue weighted by Gasteiger charge is 2.36.